The molecular formula is C14H15N2OS. The first-order chi connectivity index (χ1) is 8.78. The molecule has 1 aromatic carbocycles. The van der Waals surface area contributed by atoms with Crippen LogP contribution in [0.3, 0.4) is 0 Å². The fourth-order valence-corrected chi connectivity index (χ4v) is 1.84. The highest BCUT2D eigenvalue weighted by Crippen LogP contribution is 2.16. The molecule has 1 aliphatic rings. The summed E-state index contributed by atoms with van der Waals surface area (Å²) in [5.74, 6) is 0.800. The molecule has 18 heavy (non-hydrogen) atoms. The van der Waals surface area contributed by atoms with Crippen LogP contribution >= 0.6 is 12.2 Å². The van der Waals surface area contributed by atoms with Gasteiger partial charge in [0, 0.05) is 17.5 Å². The lowest BCUT2D eigenvalue weighted by molar-refractivity contribution is 0.415. The van der Waals surface area contributed by atoms with E-state index in [0.29, 0.717) is 5.11 Å². The largest absolute Gasteiger partial charge is 0.497 e. The fraction of sp³-hybridized carbons (Fsp3) is 0.143. The van der Waals surface area contributed by atoms with Crippen LogP contribution in [0.4, 0.5) is 5.69 Å². The van der Waals surface area contributed by atoms with Gasteiger partial charge in [-0.3, -0.25) is 0 Å². The monoisotopic (exact) mass is 259 g/mol. The summed E-state index contributed by atoms with van der Waals surface area (Å²) in [6.45, 7) is 0. The van der Waals surface area contributed by atoms with Crippen molar-refractivity contribution in [2.45, 2.75) is 6.42 Å². The third-order valence-electron chi connectivity index (χ3n) is 2.47. The Bertz CT molecular complexity index is 494. The SMILES string of the molecule is COc1cccc(NC(=S)NC2=CC[CH]C=C2)c1. The highest BCUT2D eigenvalue weighted by atomic mass is 32.1. The van der Waals surface area contributed by atoms with Crippen LogP contribution in [0.15, 0.2) is 48.2 Å². The zero-order valence-electron chi connectivity index (χ0n) is 10.1. The molecule has 0 aromatic heterocycles. The van der Waals surface area contributed by atoms with E-state index in [2.05, 4.69) is 23.1 Å². The van der Waals surface area contributed by atoms with Crippen LogP contribution in [-0.4, -0.2) is 12.2 Å². The van der Waals surface area contributed by atoms with Gasteiger partial charge in [0.15, 0.2) is 5.11 Å². The minimum absolute atomic E-state index is 0.570. The van der Waals surface area contributed by atoms with Gasteiger partial charge in [0.1, 0.15) is 5.75 Å². The van der Waals surface area contributed by atoms with E-state index in [-0.39, 0.29) is 0 Å². The zero-order chi connectivity index (χ0) is 12.8. The van der Waals surface area contributed by atoms with Gasteiger partial charge in [0.05, 0.1) is 7.11 Å². The van der Waals surface area contributed by atoms with E-state index < -0.39 is 0 Å². The Hall–Kier alpha value is -1.81. The quantitative estimate of drug-likeness (QED) is 0.818. The summed E-state index contributed by atoms with van der Waals surface area (Å²) >= 11 is 5.25. The van der Waals surface area contributed by atoms with Crippen molar-refractivity contribution in [2.75, 3.05) is 12.4 Å². The maximum Gasteiger partial charge on any atom is 0.175 e. The minimum Gasteiger partial charge on any atom is -0.497 e. The third-order valence-corrected chi connectivity index (χ3v) is 2.68. The molecule has 2 rings (SSSR count). The first-order valence-electron chi connectivity index (χ1n) is 5.70. The molecule has 0 aliphatic heterocycles. The molecule has 0 heterocycles. The summed E-state index contributed by atoms with van der Waals surface area (Å²) < 4.78 is 5.16. The summed E-state index contributed by atoms with van der Waals surface area (Å²) in [7, 11) is 1.64. The Morgan fingerprint density at radius 2 is 2.22 bits per heavy atom. The van der Waals surface area contributed by atoms with Crippen LogP contribution in [0.2, 0.25) is 0 Å². The lowest BCUT2D eigenvalue weighted by Crippen LogP contribution is -2.27. The van der Waals surface area contributed by atoms with Crippen LogP contribution < -0.4 is 15.4 Å². The fourth-order valence-electron chi connectivity index (χ4n) is 1.60. The molecule has 0 fully saturated rings. The van der Waals surface area contributed by atoms with Gasteiger partial charge in [-0.1, -0.05) is 18.2 Å². The molecule has 0 saturated heterocycles. The summed E-state index contributed by atoms with van der Waals surface area (Å²) in [4.78, 5) is 0. The number of allylic oxidation sites excluding steroid dienone is 3. The third kappa shape index (κ3) is 3.60. The van der Waals surface area contributed by atoms with Crippen LogP contribution in [0, 0.1) is 6.42 Å². The summed E-state index contributed by atoms with van der Waals surface area (Å²) in [5.41, 5.74) is 1.91. The molecule has 4 heteroatoms. The van der Waals surface area contributed by atoms with Gasteiger partial charge in [-0.15, -0.1) is 0 Å². The number of benzene rings is 1. The Morgan fingerprint density at radius 1 is 1.33 bits per heavy atom. The number of hydrogen-bond acceptors (Lipinski definition) is 2. The highest BCUT2D eigenvalue weighted by molar-refractivity contribution is 7.80. The van der Waals surface area contributed by atoms with Gasteiger partial charge in [0.25, 0.3) is 0 Å². The molecule has 1 aromatic rings. The molecule has 0 unspecified atom stereocenters. The predicted octanol–water partition coefficient (Wildman–Crippen LogP) is 3.03. The van der Waals surface area contributed by atoms with E-state index in [1.807, 2.05) is 36.4 Å². The van der Waals surface area contributed by atoms with E-state index in [1.165, 1.54) is 0 Å². The maximum atomic E-state index is 5.25. The Labute approximate surface area is 113 Å². The first kappa shape index (κ1) is 12.6. The molecule has 1 aliphatic carbocycles. The number of thiocarbonyl (C=S) groups is 1. The molecule has 2 N–H and O–H groups in total. The average Bonchev–Trinajstić information content (AvgIpc) is 2.40. The van der Waals surface area contributed by atoms with Crippen LogP contribution in [0.5, 0.6) is 5.75 Å². The van der Waals surface area contributed by atoms with Gasteiger partial charge in [-0.2, -0.15) is 0 Å². The van der Waals surface area contributed by atoms with Gasteiger partial charge in [0.2, 0.25) is 0 Å². The van der Waals surface area contributed by atoms with Gasteiger partial charge in [-0.05, 0) is 43.3 Å². The van der Waals surface area contributed by atoms with Crippen molar-refractivity contribution in [3.05, 3.63) is 54.6 Å². The van der Waals surface area contributed by atoms with Crippen molar-refractivity contribution in [3.63, 3.8) is 0 Å². The number of methoxy groups -OCH3 is 1. The molecule has 0 bridgehead atoms. The average molecular weight is 259 g/mol. The maximum absolute atomic E-state index is 5.25. The second-order valence-electron chi connectivity index (χ2n) is 3.80. The van der Waals surface area contributed by atoms with E-state index in [4.69, 9.17) is 17.0 Å². The van der Waals surface area contributed by atoms with Gasteiger partial charge >= 0.3 is 0 Å². The standard InChI is InChI=1S/C14H15N2OS/c1-17-13-9-5-8-12(10-13)16-14(18)15-11-6-3-2-4-7-11/h2-3,5-10H,4H2,1H3,(H2,15,16,18). The van der Waals surface area contributed by atoms with Gasteiger partial charge in [-0.25, -0.2) is 0 Å². The first-order valence-corrected chi connectivity index (χ1v) is 6.11. The number of hydrogen-bond donors (Lipinski definition) is 2. The number of ether oxygens (including phenoxy) is 1. The highest BCUT2D eigenvalue weighted by Gasteiger charge is 2.02. The minimum atomic E-state index is 0.570. The van der Waals surface area contributed by atoms with Crippen molar-refractivity contribution >= 4 is 23.0 Å². The normalized spacial score (nSPS) is 13.7. The van der Waals surface area contributed by atoms with Crippen LogP contribution in [0.1, 0.15) is 6.42 Å². The molecule has 1 radical (unpaired) electrons. The summed E-state index contributed by atoms with van der Waals surface area (Å²) in [5, 5.41) is 6.83. The molecule has 0 amide bonds. The molecule has 93 valence electrons. The van der Waals surface area contributed by atoms with Crippen molar-refractivity contribution in [1.82, 2.24) is 5.32 Å². The Morgan fingerprint density at radius 3 is 2.94 bits per heavy atom. The van der Waals surface area contributed by atoms with E-state index in [1.54, 1.807) is 7.11 Å². The lowest BCUT2D eigenvalue weighted by Gasteiger charge is -2.13. The number of nitrogens with one attached hydrogen (secondary N) is 2. The smallest absolute Gasteiger partial charge is 0.175 e. The Kier molecular flexibility index (Phi) is 4.36. The van der Waals surface area contributed by atoms with Crippen LogP contribution in [0.25, 0.3) is 0 Å². The second kappa shape index (κ2) is 6.21. The number of rotatable bonds is 3. The molecule has 0 spiro atoms. The van der Waals surface area contributed by atoms with Gasteiger partial charge < -0.3 is 15.4 Å². The summed E-state index contributed by atoms with van der Waals surface area (Å²) in [6.07, 6.45) is 9.10. The molecular weight excluding hydrogens is 244 g/mol. The summed E-state index contributed by atoms with van der Waals surface area (Å²) in [6, 6.07) is 7.64. The molecule has 3 nitrogen and oxygen atoms in total. The topological polar surface area (TPSA) is 33.3 Å². The van der Waals surface area contributed by atoms with Crippen molar-refractivity contribution < 1.29 is 4.74 Å². The van der Waals surface area contributed by atoms with Crippen LogP contribution in [-0.2, 0) is 0 Å². The lowest BCUT2D eigenvalue weighted by atomic mass is 10.1. The van der Waals surface area contributed by atoms with Crippen molar-refractivity contribution in [3.8, 4) is 5.75 Å². The second-order valence-corrected chi connectivity index (χ2v) is 4.21. The van der Waals surface area contributed by atoms with E-state index in [9.17, 15) is 0 Å². The van der Waals surface area contributed by atoms with Crippen molar-refractivity contribution in [2.24, 2.45) is 0 Å². The van der Waals surface area contributed by atoms with E-state index >= 15 is 0 Å². The zero-order valence-corrected chi connectivity index (χ0v) is 11.0. The predicted molar refractivity (Wildman–Crippen MR) is 78.5 cm³/mol. The molecule has 0 atom stereocenters. The van der Waals surface area contributed by atoms with Crippen molar-refractivity contribution in [1.29, 1.82) is 0 Å². The number of anilines is 1. The molecule has 0 saturated carbocycles. The Balaban J connectivity index is 1.94. The van der Waals surface area contributed by atoms with E-state index in [0.717, 1.165) is 23.6 Å².